The summed E-state index contributed by atoms with van der Waals surface area (Å²) in [6, 6.07) is 0. The molecule has 1 aliphatic carbocycles. The van der Waals surface area contributed by atoms with E-state index in [2.05, 4.69) is 13.8 Å². The minimum atomic E-state index is 0.214. The molecule has 0 unspecified atom stereocenters. The first-order valence-electron chi connectivity index (χ1n) is 7.12. The third-order valence-electron chi connectivity index (χ3n) is 4.51. The van der Waals surface area contributed by atoms with Crippen molar-refractivity contribution in [3.05, 3.63) is 0 Å². The molecule has 0 heterocycles. The molecule has 1 aliphatic rings. The van der Waals surface area contributed by atoms with Crippen molar-refractivity contribution >= 4 is 0 Å². The Labute approximate surface area is 107 Å². The molecule has 0 saturated heterocycles. The Balaban J connectivity index is 2.65. The van der Waals surface area contributed by atoms with Crippen molar-refractivity contribution < 1.29 is 9.47 Å². The van der Waals surface area contributed by atoms with E-state index < -0.39 is 0 Å². The summed E-state index contributed by atoms with van der Waals surface area (Å²) in [5.74, 6) is 1.50. The van der Waals surface area contributed by atoms with Crippen LogP contribution in [0, 0.1) is 17.3 Å². The normalized spacial score (nSPS) is 18.9. The van der Waals surface area contributed by atoms with Crippen LogP contribution in [-0.4, -0.2) is 27.4 Å². The lowest BCUT2D eigenvalue weighted by Crippen LogP contribution is -2.39. The molecule has 2 nitrogen and oxygen atoms in total. The first-order chi connectivity index (χ1) is 8.14. The fraction of sp³-hybridized carbons (Fsp3) is 1.00. The predicted molar refractivity (Wildman–Crippen MR) is 72.2 cm³/mol. The summed E-state index contributed by atoms with van der Waals surface area (Å²) < 4.78 is 11.0. The molecular formula is C15H30O2. The SMILES string of the molecule is COCC(COC)(CC1CCCCC1)C(C)C. The van der Waals surface area contributed by atoms with E-state index in [4.69, 9.17) is 9.47 Å². The van der Waals surface area contributed by atoms with E-state index in [1.807, 2.05) is 14.2 Å². The van der Waals surface area contributed by atoms with Crippen molar-refractivity contribution in [3.63, 3.8) is 0 Å². The zero-order valence-electron chi connectivity index (χ0n) is 12.1. The molecule has 17 heavy (non-hydrogen) atoms. The molecule has 1 saturated carbocycles. The van der Waals surface area contributed by atoms with Gasteiger partial charge >= 0.3 is 0 Å². The summed E-state index contributed by atoms with van der Waals surface area (Å²) >= 11 is 0. The maximum atomic E-state index is 5.48. The molecule has 0 bridgehead atoms. The minimum absolute atomic E-state index is 0.214. The molecule has 0 spiro atoms. The molecule has 102 valence electrons. The van der Waals surface area contributed by atoms with E-state index >= 15 is 0 Å². The standard InChI is InChI=1S/C15H30O2/c1-13(2)15(11-16-3,12-17-4)10-14-8-6-5-7-9-14/h13-14H,5-12H2,1-4H3. The Morgan fingerprint density at radius 2 is 1.53 bits per heavy atom. The third kappa shape index (κ3) is 4.26. The van der Waals surface area contributed by atoms with Crippen molar-refractivity contribution in [3.8, 4) is 0 Å². The lowest BCUT2D eigenvalue weighted by Gasteiger charge is -2.40. The number of hydrogen-bond donors (Lipinski definition) is 0. The molecule has 0 aromatic heterocycles. The number of hydrogen-bond acceptors (Lipinski definition) is 2. The average molecular weight is 242 g/mol. The van der Waals surface area contributed by atoms with Crippen LogP contribution in [0.2, 0.25) is 0 Å². The Morgan fingerprint density at radius 3 is 1.94 bits per heavy atom. The topological polar surface area (TPSA) is 18.5 Å². The Morgan fingerprint density at radius 1 is 1.00 bits per heavy atom. The van der Waals surface area contributed by atoms with Crippen LogP contribution in [-0.2, 0) is 9.47 Å². The third-order valence-corrected chi connectivity index (χ3v) is 4.51. The summed E-state index contributed by atoms with van der Waals surface area (Å²) in [6.07, 6.45) is 8.34. The Hall–Kier alpha value is -0.0800. The summed E-state index contributed by atoms with van der Waals surface area (Å²) in [7, 11) is 3.63. The van der Waals surface area contributed by atoms with Gasteiger partial charge in [0.1, 0.15) is 0 Å². The van der Waals surface area contributed by atoms with E-state index in [0.717, 1.165) is 19.1 Å². The highest BCUT2D eigenvalue weighted by Gasteiger charge is 2.36. The van der Waals surface area contributed by atoms with Gasteiger partial charge in [-0.15, -0.1) is 0 Å². The van der Waals surface area contributed by atoms with Crippen molar-refractivity contribution in [1.82, 2.24) is 0 Å². The van der Waals surface area contributed by atoms with Gasteiger partial charge in [-0.3, -0.25) is 0 Å². The molecule has 0 radical (unpaired) electrons. The van der Waals surface area contributed by atoms with Crippen molar-refractivity contribution in [1.29, 1.82) is 0 Å². The van der Waals surface area contributed by atoms with Crippen LogP contribution >= 0.6 is 0 Å². The molecular weight excluding hydrogens is 212 g/mol. The zero-order chi connectivity index (χ0) is 12.7. The number of rotatable bonds is 7. The van der Waals surface area contributed by atoms with Crippen LogP contribution in [0.4, 0.5) is 0 Å². The van der Waals surface area contributed by atoms with Gasteiger partial charge in [-0.1, -0.05) is 46.0 Å². The van der Waals surface area contributed by atoms with Crippen LogP contribution in [0.5, 0.6) is 0 Å². The van der Waals surface area contributed by atoms with E-state index in [0.29, 0.717) is 5.92 Å². The van der Waals surface area contributed by atoms with Gasteiger partial charge in [0.25, 0.3) is 0 Å². The fourth-order valence-electron chi connectivity index (χ4n) is 3.27. The summed E-state index contributed by atoms with van der Waals surface area (Å²) in [5, 5.41) is 0. The largest absolute Gasteiger partial charge is 0.384 e. The zero-order valence-corrected chi connectivity index (χ0v) is 12.1. The summed E-state index contributed by atoms with van der Waals surface area (Å²) in [4.78, 5) is 0. The second-order valence-corrected chi connectivity index (χ2v) is 6.09. The average Bonchev–Trinajstić information content (AvgIpc) is 2.30. The molecule has 0 aliphatic heterocycles. The predicted octanol–water partition coefficient (Wildman–Crippen LogP) is 3.89. The monoisotopic (exact) mass is 242 g/mol. The molecule has 0 atom stereocenters. The van der Waals surface area contributed by atoms with E-state index in [1.54, 1.807) is 0 Å². The molecule has 2 heteroatoms. The van der Waals surface area contributed by atoms with Gasteiger partial charge in [-0.25, -0.2) is 0 Å². The highest BCUT2D eigenvalue weighted by Crippen LogP contribution is 2.40. The minimum Gasteiger partial charge on any atom is -0.384 e. The summed E-state index contributed by atoms with van der Waals surface area (Å²) in [6.45, 7) is 6.27. The van der Waals surface area contributed by atoms with E-state index in [9.17, 15) is 0 Å². The molecule has 0 aromatic rings. The quantitative estimate of drug-likeness (QED) is 0.674. The van der Waals surface area contributed by atoms with Gasteiger partial charge in [0.2, 0.25) is 0 Å². The second-order valence-electron chi connectivity index (χ2n) is 6.09. The molecule has 0 N–H and O–H groups in total. The molecule has 1 rings (SSSR count). The van der Waals surface area contributed by atoms with Crippen molar-refractivity contribution in [2.75, 3.05) is 27.4 Å². The smallest absolute Gasteiger partial charge is 0.0543 e. The Kier molecular flexibility index (Phi) is 6.50. The lowest BCUT2D eigenvalue weighted by molar-refractivity contribution is -0.0391. The van der Waals surface area contributed by atoms with Gasteiger partial charge in [0, 0.05) is 19.6 Å². The highest BCUT2D eigenvalue weighted by atomic mass is 16.5. The van der Waals surface area contributed by atoms with Crippen LogP contribution < -0.4 is 0 Å². The Bertz CT molecular complexity index is 189. The van der Waals surface area contributed by atoms with Gasteiger partial charge in [0.15, 0.2) is 0 Å². The first-order valence-corrected chi connectivity index (χ1v) is 7.12. The maximum Gasteiger partial charge on any atom is 0.0543 e. The van der Waals surface area contributed by atoms with Crippen molar-refractivity contribution in [2.45, 2.75) is 52.4 Å². The van der Waals surface area contributed by atoms with E-state index in [-0.39, 0.29) is 5.41 Å². The molecule has 0 amide bonds. The van der Waals surface area contributed by atoms with Gasteiger partial charge in [0.05, 0.1) is 13.2 Å². The van der Waals surface area contributed by atoms with Crippen LogP contribution in [0.15, 0.2) is 0 Å². The van der Waals surface area contributed by atoms with Crippen molar-refractivity contribution in [2.24, 2.45) is 17.3 Å². The van der Waals surface area contributed by atoms with Gasteiger partial charge < -0.3 is 9.47 Å². The van der Waals surface area contributed by atoms with Crippen LogP contribution in [0.1, 0.15) is 52.4 Å². The highest BCUT2D eigenvalue weighted by molar-refractivity contribution is 4.86. The maximum absolute atomic E-state index is 5.48. The first kappa shape index (κ1) is 15.0. The molecule has 1 fully saturated rings. The summed E-state index contributed by atoms with van der Waals surface area (Å²) in [5.41, 5.74) is 0.214. The lowest BCUT2D eigenvalue weighted by atomic mass is 9.69. The van der Waals surface area contributed by atoms with Gasteiger partial charge in [-0.2, -0.15) is 0 Å². The second kappa shape index (κ2) is 7.38. The number of ether oxygens (including phenoxy) is 2. The number of methoxy groups -OCH3 is 2. The molecule has 0 aromatic carbocycles. The van der Waals surface area contributed by atoms with Crippen LogP contribution in [0.25, 0.3) is 0 Å². The fourth-order valence-corrected chi connectivity index (χ4v) is 3.27. The van der Waals surface area contributed by atoms with Gasteiger partial charge in [-0.05, 0) is 18.3 Å². The van der Waals surface area contributed by atoms with E-state index in [1.165, 1.54) is 38.5 Å². The van der Waals surface area contributed by atoms with Crippen LogP contribution in [0.3, 0.4) is 0 Å².